The fourth-order valence-electron chi connectivity index (χ4n) is 4.32. The highest BCUT2D eigenvalue weighted by atomic mass is 16.6. The molecule has 2 aliphatic rings. The van der Waals surface area contributed by atoms with Gasteiger partial charge in [0, 0.05) is 24.1 Å². The van der Waals surface area contributed by atoms with Crippen molar-refractivity contribution in [2.24, 2.45) is 5.92 Å². The van der Waals surface area contributed by atoms with E-state index in [9.17, 15) is 15.0 Å². The van der Waals surface area contributed by atoms with Crippen LogP contribution in [0.1, 0.15) is 51.6 Å². The number of nitrogens with zero attached hydrogens (tertiary/aromatic N) is 1. The van der Waals surface area contributed by atoms with Gasteiger partial charge < -0.3 is 14.9 Å². The second-order valence-electron chi connectivity index (χ2n) is 7.98. The molecule has 2 fully saturated rings. The van der Waals surface area contributed by atoms with Gasteiger partial charge in [-0.15, -0.1) is 0 Å². The molecule has 0 bridgehead atoms. The summed E-state index contributed by atoms with van der Waals surface area (Å²) >= 11 is 0. The van der Waals surface area contributed by atoms with E-state index in [0.717, 1.165) is 24.9 Å². The largest absolute Gasteiger partial charge is 0.508 e. The maximum Gasteiger partial charge on any atom is 0.327 e. The van der Waals surface area contributed by atoms with Crippen LogP contribution in [-0.4, -0.2) is 45.4 Å². The summed E-state index contributed by atoms with van der Waals surface area (Å²) in [6, 6.07) is 7.05. The summed E-state index contributed by atoms with van der Waals surface area (Å²) in [4.78, 5) is 15.1. The van der Waals surface area contributed by atoms with Crippen molar-refractivity contribution in [2.45, 2.75) is 57.2 Å². The highest BCUT2D eigenvalue weighted by Gasteiger charge is 2.60. The molecule has 2 N–H and O–H groups in total. The molecule has 0 aromatic heterocycles. The maximum atomic E-state index is 13.0. The number of ether oxygens (including phenoxy) is 1. The summed E-state index contributed by atoms with van der Waals surface area (Å²) in [5, 5.41) is 20.2. The van der Waals surface area contributed by atoms with Crippen molar-refractivity contribution in [1.29, 1.82) is 0 Å². The number of benzene rings is 1. The molecule has 5 heteroatoms. The third-order valence-electron chi connectivity index (χ3n) is 5.19. The van der Waals surface area contributed by atoms with E-state index in [-0.39, 0.29) is 30.3 Å². The number of para-hydroxylation sites is 1. The standard InChI is InChI=1S/C19H27NO4/c1-18(2,3)24-17(23)19-9-6-10-20(19)16(13(11-19)12-21)14-7-4-5-8-15(14)22/h4-5,7-8,13,16,21-22H,6,9-12H2,1-3H3/t13-,16-,19+/m1/s1. The Morgan fingerprint density at radius 2 is 2.08 bits per heavy atom. The third kappa shape index (κ3) is 2.80. The molecule has 0 aliphatic carbocycles. The number of esters is 1. The predicted molar refractivity (Wildman–Crippen MR) is 90.6 cm³/mol. The van der Waals surface area contributed by atoms with Crippen molar-refractivity contribution in [3.05, 3.63) is 29.8 Å². The minimum absolute atomic E-state index is 0.0138. The molecule has 0 radical (unpaired) electrons. The molecule has 3 atom stereocenters. The van der Waals surface area contributed by atoms with Gasteiger partial charge in [0.25, 0.3) is 0 Å². The van der Waals surface area contributed by atoms with E-state index in [4.69, 9.17) is 4.74 Å². The second kappa shape index (κ2) is 6.05. The summed E-state index contributed by atoms with van der Waals surface area (Å²) in [5.41, 5.74) is -0.445. The average Bonchev–Trinajstić information content (AvgIpc) is 3.03. The molecule has 0 saturated carbocycles. The van der Waals surface area contributed by atoms with E-state index in [1.807, 2.05) is 32.9 Å². The number of phenols is 1. The molecule has 2 saturated heterocycles. The van der Waals surface area contributed by atoms with Crippen molar-refractivity contribution in [2.75, 3.05) is 13.2 Å². The molecule has 2 aliphatic heterocycles. The van der Waals surface area contributed by atoms with Gasteiger partial charge in [0.1, 0.15) is 16.9 Å². The minimum Gasteiger partial charge on any atom is -0.508 e. The number of aliphatic hydroxyl groups is 1. The Kier molecular flexibility index (Phi) is 4.34. The van der Waals surface area contributed by atoms with Crippen LogP contribution in [-0.2, 0) is 9.53 Å². The Morgan fingerprint density at radius 1 is 1.38 bits per heavy atom. The molecule has 2 heterocycles. The first-order chi connectivity index (χ1) is 11.3. The first-order valence-corrected chi connectivity index (χ1v) is 8.67. The van der Waals surface area contributed by atoms with E-state index in [1.165, 1.54) is 0 Å². The van der Waals surface area contributed by atoms with Crippen molar-refractivity contribution in [1.82, 2.24) is 4.90 Å². The SMILES string of the molecule is CC(C)(C)OC(=O)[C@@]12CCCN1[C@@H](c1ccccc1O)[C@@H](CO)C2. The van der Waals surface area contributed by atoms with Gasteiger partial charge >= 0.3 is 5.97 Å². The van der Waals surface area contributed by atoms with Gasteiger partial charge in [-0.05, 0) is 52.6 Å². The summed E-state index contributed by atoms with van der Waals surface area (Å²) in [6.45, 7) is 6.38. The Bertz CT molecular complexity index is 624. The van der Waals surface area contributed by atoms with Crippen LogP contribution in [0.2, 0.25) is 0 Å². The number of phenolic OH excluding ortho intramolecular Hbond substituents is 1. The quantitative estimate of drug-likeness (QED) is 0.832. The van der Waals surface area contributed by atoms with E-state index < -0.39 is 11.1 Å². The summed E-state index contributed by atoms with van der Waals surface area (Å²) in [6.07, 6.45) is 2.22. The van der Waals surface area contributed by atoms with Crippen LogP contribution in [0.5, 0.6) is 5.75 Å². The molecular weight excluding hydrogens is 306 g/mol. The number of hydrogen-bond donors (Lipinski definition) is 2. The molecule has 0 unspecified atom stereocenters. The molecule has 3 rings (SSSR count). The predicted octanol–water partition coefficient (Wildman–Crippen LogP) is 2.62. The van der Waals surface area contributed by atoms with Crippen LogP contribution in [0, 0.1) is 5.92 Å². The highest BCUT2D eigenvalue weighted by molar-refractivity contribution is 5.82. The van der Waals surface area contributed by atoms with Gasteiger partial charge in [-0.2, -0.15) is 0 Å². The van der Waals surface area contributed by atoms with Gasteiger partial charge in [0.05, 0.1) is 0 Å². The smallest absolute Gasteiger partial charge is 0.327 e. The van der Waals surface area contributed by atoms with Crippen molar-refractivity contribution in [3.63, 3.8) is 0 Å². The van der Waals surface area contributed by atoms with E-state index in [1.54, 1.807) is 12.1 Å². The molecule has 5 nitrogen and oxygen atoms in total. The Labute approximate surface area is 143 Å². The summed E-state index contributed by atoms with van der Waals surface area (Å²) in [7, 11) is 0. The van der Waals surface area contributed by atoms with Crippen LogP contribution < -0.4 is 0 Å². The Hall–Kier alpha value is -1.59. The van der Waals surface area contributed by atoms with Gasteiger partial charge in [-0.1, -0.05) is 18.2 Å². The Morgan fingerprint density at radius 3 is 2.71 bits per heavy atom. The summed E-state index contributed by atoms with van der Waals surface area (Å²) in [5.74, 6) is -0.0807. The van der Waals surface area contributed by atoms with E-state index in [0.29, 0.717) is 6.42 Å². The fraction of sp³-hybridized carbons (Fsp3) is 0.632. The lowest BCUT2D eigenvalue weighted by Gasteiger charge is -2.35. The van der Waals surface area contributed by atoms with Crippen molar-refractivity contribution in [3.8, 4) is 5.75 Å². The van der Waals surface area contributed by atoms with E-state index >= 15 is 0 Å². The maximum absolute atomic E-state index is 13.0. The zero-order valence-corrected chi connectivity index (χ0v) is 14.7. The summed E-state index contributed by atoms with van der Waals surface area (Å²) < 4.78 is 5.71. The van der Waals surface area contributed by atoms with Crippen LogP contribution in [0.3, 0.4) is 0 Å². The fourth-order valence-corrected chi connectivity index (χ4v) is 4.32. The van der Waals surface area contributed by atoms with Gasteiger partial charge in [-0.25, -0.2) is 0 Å². The van der Waals surface area contributed by atoms with Crippen molar-refractivity contribution >= 4 is 5.97 Å². The molecule has 0 spiro atoms. The number of aliphatic hydroxyl groups excluding tert-OH is 1. The lowest BCUT2D eigenvalue weighted by atomic mass is 9.87. The zero-order chi connectivity index (χ0) is 17.5. The molecule has 1 aromatic carbocycles. The first-order valence-electron chi connectivity index (χ1n) is 8.67. The van der Waals surface area contributed by atoms with Crippen LogP contribution in [0.4, 0.5) is 0 Å². The topological polar surface area (TPSA) is 70.0 Å². The van der Waals surface area contributed by atoms with Gasteiger partial charge in [0.15, 0.2) is 0 Å². The number of hydrogen-bond acceptors (Lipinski definition) is 5. The number of fused-ring (bicyclic) bond motifs is 1. The molecule has 132 valence electrons. The third-order valence-corrected chi connectivity index (χ3v) is 5.19. The molecular formula is C19H27NO4. The molecule has 1 aromatic rings. The number of rotatable bonds is 3. The minimum atomic E-state index is -0.687. The Balaban J connectivity index is 1.98. The monoisotopic (exact) mass is 333 g/mol. The number of carbonyl (C=O) groups excluding carboxylic acids is 1. The van der Waals surface area contributed by atoms with Gasteiger partial charge in [-0.3, -0.25) is 9.69 Å². The lowest BCUT2D eigenvalue weighted by molar-refractivity contribution is -0.167. The first kappa shape index (κ1) is 17.2. The highest BCUT2D eigenvalue weighted by Crippen LogP contribution is 2.53. The van der Waals surface area contributed by atoms with Crippen LogP contribution >= 0.6 is 0 Å². The number of aromatic hydroxyl groups is 1. The molecule has 0 amide bonds. The normalized spacial score (nSPS) is 30.3. The van der Waals surface area contributed by atoms with Crippen molar-refractivity contribution < 1.29 is 19.7 Å². The molecule has 24 heavy (non-hydrogen) atoms. The number of carbonyl (C=O) groups is 1. The lowest BCUT2D eigenvalue weighted by Crippen LogP contribution is -2.49. The average molecular weight is 333 g/mol. The van der Waals surface area contributed by atoms with Crippen LogP contribution in [0.25, 0.3) is 0 Å². The van der Waals surface area contributed by atoms with Gasteiger partial charge in [0.2, 0.25) is 0 Å². The van der Waals surface area contributed by atoms with E-state index in [2.05, 4.69) is 4.90 Å². The second-order valence-corrected chi connectivity index (χ2v) is 7.98. The van der Waals surface area contributed by atoms with Crippen LogP contribution in [0.15, 0.2) is 24.3 Å². The zero-order valence-electron chi connectivity index (χ0n) is 14.7.